The maximum atomic E-state index is 10.3. The van der Waals surface area contributed by atoms with Crippen LogP contribution in [0.1, 0.15) is 20.3 Å². The summed E-state index contributed by atoms with van der Waals surface area (Å²) < 4.78 is 0. The zero-order chi connectivity index (χ0) is 9.40. The van der Waals surface area contributed by atoms with Gasteiger partial charge in [0.2, 0.25) is 6.41 Å². The van der Waals surface area contributed by atoms with Gasteiger partial charge < -0.3 is 9.80 Å². The molecule has 0 spiro atoms. The van der Waals surface area contributed by atoms with Crippen molar-refractivity contribution in [1.82, 2.24) is 9.80 Å². The number of hydrogen-bond acceptors (Lipinski definition) is 2. The van der Waals surface area contributed by atoms with Crippen LogP contribution in [0.4, 0.5) is 0 Å². The monoisotopic (exact) mass is 172 g/mol. The van der Waals surface area contributed by atoms with Crippen LogP contribution in [0.5, 0.6) is 0 Å². The van der Waals surface area contributed by atoms with Crippen LogP contribution >= 0.6 is 0 Å². The number of likely N-dealkylation sites (N-methyl/N-ethyl adjacent to an activating group) is 1. The molecule has 1 saturated heterocycles. The molecule has 1 fully saturated rings. The van der Waals surface area contributed by atoms with E-state index in [1.54, 1.807) is 0 Å². The lowest BCUT2D eigenvalue weighted by molar-refractivity contribution is -0.118. The molecule has 1 heterocycles. The van der Waals surface area contributed by atoms with Crippen LogP contribution in [-0.2, 0) is 4.79 Å². The Morgan fingerprint density at radius 1 is 1.08 bits per heavy atom. The average Bonchev–Trinajstić information content (AvgIpc) is 2.33. The largest absolute Gasteiger partial charge is 0.344 e. The van der Waals surface area contributed by atoms with Gasteiger partial charge in [-0.05, 0) is 20.0 Å². The van der Waals surface area contributed by atoms with E-state index < -0.39 is 0 Å². The predicted octanol–water partition coefficient (Wildman–Crippen LogP) is 0.806. The zero-order valence-corrected chi connectivity index (χ0v) is 8.42. The van der Waals surface area contributed by atoms with Crippen molar-refractivity contribution in [3.63, 3.8) is 0 Å². The third-order valence-corrected chi connectivity index (χ3v) is 1.90. The number of rotatable bonds is 1. The van der Waals surface area contributed by atoms with E-state index in [2.05, 4.69) is 11.9 Å². The maximum Gasteiger partial charge on any atom is 0.209 e. The summed E-state index contributed by atoms with van der Waals surface area (Å²) in [6, 6.07) is 0. The SMILES string of the molecule is CC.CN1CCCN(C=O)CC1. The van der Waals surface area contributed by atoms with Crippen LogP contribution in [0.2, 0.25) is 0 Å². The van der Waals surface area contributed by atoms with E-state index in [0.717, 1.165) is 39.0 Å². The molecule has 0 aliphatic carbocycles. The predicted molar refractivity (Wildman–Crippen MR) is 51.1 cm³/mol. The Bertz CT molecular complexity index is 117. The van der Waals surface area contributed by atoms with Crippen LogP contribution in [0.3, 0.4) is 0 Å². The number of carbonyl (C=O) groups is 1. The first kappa shape index (κ1) is 11.4. The minimum Gasteiger partial charge on any atom is -0.344 e. The summed E-state index contributed by atoms with van der Waals surface area (Å²) in [5.74, 6) is 0. The normalized spacial score (nSPS) is 19.1. The Kier molecular flexibility index (Phi) is 6.76. The molecule has 0 saturated carbocycles. The van der Waals surface area contributed by atoms with Gasteiger partial charge in [-0.25, -0.2) is 0 Å². The summed E-state index contributed by atoms with van der Waals surface area (Å²) in [7, 11) is 2.09. The molecule has 1 amide bonds. The van der Waals surface area contributed by atoms with E-state index in [9.17, 15) is 4.79 Å². The highest BCUT2D eigenvalue weighted by Crippen LogP contribution is 1.97. The summed E-state index contributed by atoms with van der Waals surface area (Å²) in [4.78, 5) is 14.4. The van der Waals surface area contributed by atoms with E-state index in [0.29, 0.717) is 0 Å². The van der Waals surface area contributed by atoms with Gasteiger partial charge in [-0.15, -0.1) is 0 Å². The van der Waals surface area contributed by atoms with Crippen LogP contribution in [0, 0.1) is 0 Å². The first-order chi connectivity index (χ1) is 5.83. The molecule has 0 unspecified atom stereocenters. The van der Waals surface area contributed by atoms with Gasteiger partial charge in [-0.1, -0.05) is 13.8 Å². The molecule has 0 aromatic heterocycles. The molecule has 0 aromatic carbocycles. The topological polar surface area (TPSA) is 23.6 Å². The third-order valence-electron chi connectivity index (χ3n) is 1.90. The van der Waals surface area contributed by atoms with Gasteiger partial charge >= 0.3 is 0 Å². The molecule has 3 nitrogen and oxygen atoms in total. The molecular formula is C9H20N2O. The van der Waals surface area contributed by atoms with Crippen LogP contribution in [0.25, 0.3) is 0 Å². The molecule has 1 aliphatic rings. The number of nitrogens with zero attached hydrogens (tertiary/aromatic N) is 2. The van der Waals surface area contributed by atoms with Crippen molar-refractivity contribution in [2.75, 3.05) is 33.2 Å². The minimum absolute atomic E-state index is 0.889. The molecular weight excluding hydrogens is 152 g/mol. The second-order valence-electron chi connectivity index (χ2n) is 2.80. The van der Waals surface area contributed by atoms with E-state index >= 15 is 0 Å². The van der Waals surface area contributed by atoms with Crippen molar-refractivity contribution in [3.8, 4) is 0 Å². The summed E-state index contributed by atoms with van der Waals surface area (Å²) >= 11 is 0. The molecule has 12 heavy (non-hydrogen) atoms. The molecule has 0 atom stereocenters. The lowest BCUT2D eigenvalue weighted by Crippen LogP contribution is -2.27. The quantitative estimate of drug-likeness (QED) is 0.546. The molecule has 1 rings (SSSR count). The van der Waals surface area contributed by atoms with Gasteiger partial charge in [-0.3, -0.25) is 4.79 Å². The van der Waals surface area contributed by atoms with Gasteiger partial charge in [0, 0.05) is 19.6 Å². The lowest BCUT2D eigenvalue weighted by Gasteiger charge is -2.13. The van der Waals surface area contributed by atoms with Crippen molar-refractivity contribution >= 4 is 6.41 Å². The van der Waals surface area contributed by atoms with Gasteiger partial charge in [0.1, 0.15) is 0 Å². The summed E-state index contributed by atoms with van der Waals surface area (Å²) in [6.07, 6.45) is 2.05. The van der Waals surface area contributed by atoms with Crippen molar-refractivity contribution in [2.45, 2.75) is 20.3 Å². The minimum atomic E-state index is 0.889. The number of hydrogen-bond donors (Lipinski definition) is 0. The Balaban J connectivity index is 0.000000561. The Morgan fingerprint density at radius 3 is 2.33 bits per heavy atom. The van der Waals surface area contributed by atoms with E-state index in [1.807, 2.05) is 18.7 Å². The Morgan fingerprint density at radius 2 is 1.75 bits per heavy atom. The third kappa shape index (κ3) is 4.34. The number of amides is 1. The Labute approximate surface area is 75.3 Å². The highest BCUT2D eigenvalue weighted by molar-refractivity contribution is 5.46. The van der Waals surface area contributed by atoms with Gasteiger partial charge in [0.15, 0.2) is 0 Å². The average molecular weight is 172 g/mol. The van der Waals surface area contributed by atoms with E-state index in [-0.39, 0.29) is 0 Å². The molecule has 0 radical (unpaired) electrons. The summed E-state index contributed by atoms with van der Waals surface area (Å²) in [5.41, 5.74) is 0. The van der Waals surface area contributed by atoms with Gasteiger partial charge in [0.05, 0.1) is 0 Å². The van der Waals surface area contributed by atoms with Gasteiger partial charge in [0.25, 0.3) is 0 Å². The standard InChI is InChI=1S/C7H14N2O.C2H6/c1-8-3-2-4-9(7-10)6-5-8;1-2/h7H,2-6H2,1H3;1-2H3. The fraction of sp³-hybridized carbons (Fsp3) is 0.889. The van der Waals surface area contributed by atoms with Crippen LogP contribution in [-0.4, -0.2) is 49.4 Å². The Hall–Kier alpha value is -0.570. The maximum absolute atomic E-state index is 10.3. The summed E-state index contributed by atoms with van der Waals surface area (Å²) in [6.45, 7) is 7.94. The first-order valence-corrected chi connectivity index (χ1v) is 4.71. The van der Waals surface area contributed by atoms with Crippen LogP contribution in [0.15, 0.2) is 0 Å². The highest BCUT2D eigenvalue weighted by Gasteiger charge is 2.08. The first-order valence-electron chi connectivity index (χ1n) is 4.71. The lowest BCUT2D eigenvalue weighted by atomic mass is 10.4. The van der Waals surface area contributed by atoms with Crippen molar-refractivity contribution in [3.05, 3.63) is 0 Å². The van der Waals surface area contributed by atoms with Crippen LogP contribution < -0.4 is 0 Å². The summed E-state index contributed by atoms with van der Waals surface area (Å²) in [5, 5.41) is 0. The molecule has 0 bridgehead atoms. The van der Waals surface area contributed by atoms with E-state index in [4.69, 9.17) is 0 Å². The molecule has 0 aromatic rings. The van der Waals surface area contributed by atoms with Gasteiger partial charge in [-0.2, -0.15) is 0 Å². The molecule has 0 N–H and O–H groups in total. The van der Waals surface area contributed by atoms with Crippen molar-refractivity contribution in [2.24, 2.45) is 0 Å². The number of carbonyl (C=O) groups excluding carboxylic acids is 1. The second-order valence-corrected chi connectivity index (χ2v) is 2.80. The molecule has 1 aliphatic heterocycles. The molecule has 72 valence electrons. The molecule has 3 heteroatoms. The highest BCUT2D eigenvalue weighted by atomic mass is 16.1. The van der Waals surface area contributed by atoms with E-state index in [1.165, 1.54) is 0 Å². The van der Waals surface area contributed by atoms with Crippen molar-refractivity contribution in [1.29, 1.82) is 0 Å². The fourth-order valence-electron chi connectivity index (χ4n) is 1.17. The second kappa shape index (κ2) is 7.10. The smallest absolute Gasteiger partial charge is 0.209 e. The fourth-order valence-corrected chi connectivity index (χ4v) is 1.17. The zero-order valence-electron chi connectivity index (χ0n) is 8.42. The van der Waals surface area contributed by atoms with Crippen molar-refractivity contribution < 1.29 is 4.79 Å².